The van der Waals surface area contributed by atoms with E-state index in [0.717, 1.165) is 47.4 Å². The Bertz CT molecular complexity index is 827. The molecule has 3 aromatic rings. The third kappa shape index (κ3) is 2.96. The van der Waals surface area contributed by atoms with Crippen molar-refractivity contribution in [2.45, 2.75) is 0 Å². The number of nitrogens with zero attached hydrogens (tertiary/aromatic N) is 2. The number of fused-ring (bicyclic) bond motifs is 1. The molecule has 0 saturated carbocycles. The van der Waals surface area contributed by atoms with Crippen LogP contribution in [0.2, 0.25) is 0 Å². The topological polar surface area (TPSA) is 28.2 Å². The molecule has 0 aliphatic carbocycles. The van der Waals surface area contributed by atoms with Crippen LogP contribution in [0.25, 0.3) is 22.2 Å². The van der Waals surface area contributed by atoms with Crippen molar-refractivity contribution in [1.82, 2.24) is 10.3 Å². The Balaban J connectivity index is 1.91. The summed E-state index contributed by atoms with van der Waals surface area (Å²) in [4.78, 5) is 7.35. The quantitative estimate of drug-likeness (QED) is 0.739. The number of hydrogen-bond donors (Lipinski definition) is 1. The van der Waals surface area contributed by atoms with E-state index in [1.807, 2.05) is 6.07 Å². The molecule has 0 radical (unpaired) electrons. The third-order valence-corrected chi connectivity index (χ3v) is 4.77. The first-order valence-corrected chi connectivity index (χ1v) is 8.72. The van der Waals surface area contributed by atoms with Gasteiger partial charge in [0.05, 0.1) is 11.2 Å². The lowest BCUT2D eigenvalue weighted by Gasteiger charge is -2.30. The maximum Gasteiger partial charge on any atom is 0.0741 e. The van der Waals surface area contributed by atoms with E-state index in [-0.39, 0.29) is 0 Å². The zero-order valence-electron chi connectivity index (χ0n) is 12.8. The minimum absolute atomic E-state index is 1.03. The number of halogens is 1. The fraction of sp³-hybridized carbons (Fsp3) is 0.211. The van der Waals surface area contributed by atoms with Gasteiger partial charge in [0.15, 0.2) is 0 Å². The van der Waals surface area contributed by atoms with Gasteiger partial charge in [-0.3, -0.25) is 0 Å². The van der Waals surface area contributed by atoms with Gasteiger partial charge in [-0.25, -0.2) is 4.98 Å². The van der Waals surface area contributed by atoms with Crippen molar-refractivity contribution in [2.75, 3.05) is 31.1 Å². The van der Waals surface area contributed by atoms with Crippen LogP contribution >= 0.6 is 15.9 Å². The molecule has 4 rings (SSSR count). The van der Waals surface area contributed by atoms with Crippen LogP contribution in [0.4, 0.5) is 5.69 Å². The normalized spacial score (nSPS) is 15.1. The number of nitrogens with one attached hydrogen (secondary N) is 1. The van der Waals surface area contributed by atoms with Gasteiger partial charge in [-0.1, -0.05) is 46.3 Å². The summed E-state index contributed by atoms with van der Waals surface area (Å²) in [5, 5.41) is 4.64. The Kier molecular flexibility index (Phi) is 4.02. The lowest BCUT2D eigenvalue weighted by molar-refractivity contribution is 0.590. The van der Waals surface area contributed by atoms with Crippen molar-refractivity contribution in [3.05, 3.63) is 59.1 Å². The molecule has 116 valence electrons. The van der Waals surface area contributed by atoms with Crippen LogP contribution < -0.4 is 10.2 Å². The van der Waals surface area contributed by atoms with Crippen LogP contribution in [-0.2, 0) is 0 Å². The Labute approximate surface area is 144 Å². The van der Waals surface area contributed by atoms with Crippen molar-refractivity contribution in [3.63, 3.8) is 0 Å². The smallest absolute Gasteiger partial charge is 0.0741 e. The van der Waals surface area contributed by atoms with Crippen molar-refractivity contribution < 1.29 is 0 Å². The first kappa shape index (κ1) is 14.7. The van der Waals surface area contributed by atoms with E-state index in [1.165, 1.54) is 11.1 Å². The van der Waals surface area contributed by atoms with Crippen LogP contribution in [0.15, 0.2) is 59.1 Å². The number of anilines is 1. The highest BCUT2D eigenvalue weighted by molar-refractivity contribution is 9.10. The molecule has 0 bridgehead atoms. The molecule has 0 amide bonds. The van der Waals surface area contributed by atoms with Crippen LogP contribution in [0, 0.1) is 0 Å². The molecule has 4 heteroatoms. The molecule has 1 saturated heterocycles. The summed E-state index contributed by atoms with van der Waals surface area (Å²) < 4.78 is 1.06. The van der Waals surface area contributed by atoms with Gasteiger partial charge in [0.1, 0.15) is 0 Å². The Hall–Kier alpha value is -1.91. The highest BCUT2D eigenvalue weighted by Gasteiger charge is 2.16. The molecule has 2 heterocycles. The van der Waals surface area contributed by atoms with Crippen LogP contribution in [0.5, 0.6) is 0 Å². The van der Waals surface area contributed by atoms with Gasteiger partial charge in [-0.05, 0) is 24.3 Å². The third-order valence-electron chi connectivity index (χ3n) is 4.28. The standard InChI is InChI=1S/C19H18BrN3/c20-15-6-7-16-18(12-15)22-17(14-4-2-1-3-5-14)13-19(16)23-10-8-21-9-11-23/h1-7,12-13,21H,8-11H2. The Morgan fingerprint density at radius 1 is 0.957 bits per heavy atom. The van der Waals surface area contributed by atoms with E-state index in [1.54, 1.807) is 0 Å². The molecule has 23 heavy (non-hydrogen) atoms. The SMILES string of the molecule is Brc1ccc2c(N3CCNCC3)cc(-c3ccccc3)nc2c1. The molecule has 3 nitrogen and oxygen atoms in total. The van der Waals surface area contributed by atoms with Crippen molar-refractivity contribution >= 4 is 32.5 Å². The van der Waals surface area contributed by atoms with Gasteiger partial charge in [-0.2, -0.15) is 0 Å². The number of rotatable bonds is 2. The fourth-order valence-corrected chi connectivity index (χ4v) is 3.46. The lowest BCUT2D eigenvalue weighted by atomic mass is 10.1. The summed E-state index contributed by atoms with van der Waals surface area (Å²) in [6.45, 7) is 4.12. The van der Waals surface area contributed by atoms with Crippen molar-refractivity contribution in [1.29, 1.82) is 0 Å². The predicted octanol–water partition coefficient (Wildman–Crippen LogP) is 4.07. The molecular formula is C19H18BrN3. The Morgan fingerprint density at radius 3 is 2.52 bits per heavy atom. The molecule has 0 atom stereocenters. The zero-order chi connectivity index (χ0) is 15.6. The molecule has 1 N–H and O–H groups in total. The second-order valence-electron chi connectivity index (χ2n) is 5.79. The highest BCUT2D eigenvalue weighted by atomic mass is 79.9. The highest BCUT2D eigenvalue weighted by Crippen LogP contribution is 2.32. The maximum atomic E-state index is 4.89. The van der Waals surface area contributed by atoms with E-state index >= 15 is 0 Å². The summed E-state index contributed by atoms with van der Waals surface area (Å²) in [5.41, 5.74) is 4.51. The fourth-order valence-electron chi connectivity index (χ4n) is 3.11. The number of benzene rings is 2. The summed E-state index contributed by atoms with van der Waals surface area (Å²) in [5.74, 6) is 0. The zero-order valence-corrected chi connectivity index (χ0v) is 14.4. The van der Waals surface area contributed by atoms with Gasteiger partial charge in [0, 0.05) is 47.3 Å². The second-order valence-corrected chi connectivity index (χ2v) is 6.71. The summed E-state index contributed by atoms with van der Waals surface area (Å²) >= 11 is 3.57. The molecule has 1 aliphatic rings. The molecule has 1 aromatic heterocycles. The first-order valence-electron chi connectivity index (χ1n) is 7.93. The summed E-state index contributed by atoms with van der Waals surface area (Å²) in [7, 11) is 0. The monoisotopic (exact) mass is 367 g/mol. The lowest BCUT2D eigenvalue weighted by Crippen LogP contribution is -2.43. The van der Waals surface area contributed by atoms with E-state index in [9.17, 15) is 0 Å². The molecule has 0 spiro atoms. The van der Waals surface area contributed by atoms with Gasteiger partial charge in [0.2, 0.25) is 0 Å². The number of piperazine rings is 1. The number of pyridine rings is 1. The van der Waals surface area contributed by atoms with Crippen molar-refractivity contribution in [3.8, 4) is 11.3 Å². The molecule has 2 aromatic carbocycles. The van der Waals surface area contributed by atoms with Gasteiger partial charge in [0.25, 0.3) is 0 Å². The molecule has 0 unspecified atom stereocenters. The predicted molar refractivity (Wildman–Crippen MR) is 100.0 cm³/mol. The van der Waals surface area contributed by atoms with E-state index < -0.39 is 0 Å². The largest absolute Gasteiger partial charge is 0.368 e. The molecule has 1 aliphatic heterocycles. The number of hydrogen-bond acceptors (Lipinski definition) is 3. The van der Waals surface area contributed by atoms with Crippen molar-refractivity contribution in [2.24, 2.45) is 0 Å². The Morgan fingerprint density at radius 2 is 1.74 bits per heavy atom. The van der Waals surface area contributed by atoms with E-state index in [0.29, 0.717) is 0 Å². The first-order chi connectivity index (χ1) is 11.3. The second kappa shape index (κ2) is 6.30. The summed E-state index contributed by atoms with van der Waals surface area (Å²) in [6, 6.07) is 19.0. The summed E-state index contributed by atoms with van der Waals surface area (Å²) in [6.07, 6.45) is 0. The minimum atomic E-state index is 1.03. The van der Waals surface area contributed by atoms with E-state index in [2.05, 4.69) is 74.7 Å². The maximum absolute atomic E-state index is 4.89. The van der Waals surface area contributed by atoms with Gasteiger partial charge in [-0.15, -0.1) is 0 Å². The van der Waals surface area contributed by atoms with Crippen LogP contribution in [0.1, 0.15) is 0 Å². The van der Waals surface area contributed by atoms with E-state index in [4.69, 9.17) is 4.98 Å². The molecular weight excluding hydrogens is 350 g/mol. The van der Waals surface area contributed by atoms with Crippen LogP contribution in [-0.4, -0.2) is 31.2 Å². The van der Waals surface area contributed by atoms with Gasteiger partial charge >= 0.3 is 0 Å². The molecule has 1 fully saturated rings. The number of aromatic nitrogens is 1. The van der Waals surface area contributed by atoms with Gasteiger partial charge < -0.3 is 10.2 Å². The van der Waals surface area contributed by atoms with Crippen LogP contribution in [0.3, 0.4) is 0 Å². The minimum Gasteiger partial charge on any atom is -0.368 e. The average molecular weight is 368 g/mol. The average Bonchev–Trinajstić information content (AvgIpc) is 2.62.